The molecule has 0 heterocycles. The molecule has 0 fully saturated rings. The van der Waals surface area contributed by atoms with Crippen LogP contribution in [0.25, 0.3) is 0 Å². The molecule has 0 saturated heterocycles. The van der Waals surface area contributed by atoms with Gasteiger partial charge in [0.1, 0.15) is 0 Å². The fraction of sp³-hybridized carbons (Fsp3) is 1.00. The molecule has 0 aliphatic rings. The molecule has 0 bridgehead atoms. The van der Waals surface area contributed by atoms with Crippen LogP contribution in [0.15, 0.2) is 0 Å². The largest absolute Gasteiger partial charge is 0.381 e. The van der Waals surface area contributed by atoms with E-state index in [9.17, 15) is 0 Å². The lowest BCUT2D eigenvalue weighted by molar-refractivity contribution is 0.136. The second kappa shape index (κ2) is 12.7. The molecule has 13 heavy (non-hydrogen) atoms. The Labute approximate surface area is 90.8 Å². The van der Waals surface area contributed by atoms with Crippen LogP contribution >= 0.6 is 21.6 Å². The van der Waals surface area contributed by atoms with Gasteiger partial charge in [0.05, 0.1) is 0 Å². The number of hydrogen-bond donors (Lipinski definition) is 0. The first-order valence-corrected chi connectivity index (χ1v) is 7.72. The van der Waals surface area contributed by atoms with E-state index in [-0.39, 0.29) is 0 Å². The molecule has 0 aromatic carbocycles. The first-order valence-electron chi connectivity index (χ1n) is 5.24. The molecule has 0 spiro atoms. The Morgan fingerprint density at radius 3 is 2.15 bits per heavy atom. The summed E-state index contributed by atoms with van der Waals surface area (Å²) in [6.07, 6.45) is 5.00. The van der Waals surface area contributed by atoms with Gasteiger partial charge in [-0.25, -0.2) is 0 Å². The molecule has 0 amide bonds. The van der Waals surface area contributed by atoms with E-state index in [0.717, 1.165) is 19.6 Å². The van der Waals surface area contributed by atoms with E-state index in [0.29, 0.717) is 0 Å². The smallest absolute Gasteiger partial charge is 0.0474 e. The third-order valence-corrected chi connectivity index (χ3v) is 4.11. The van der Waals surface area contributed by atoms with Crippen molar-refractivity contribution in [1.29, 1.82) is 0 Å². The van der Waals surface area contributed by atoms with Gasteiger partial charge in [-0.2, -0.15) is 0 Å². The molecule has 0 aromatic rings. The highest BCUT2D eigenvalue weighted by Crippen LogP contribution is 2.22. The van der Waals surface area contributed by atoms with Gasteiger partial charge in [-0.15, -0.1) is 0 Å². The summed E-state index contributed by atoms with van der Waals surface area (Å²) in [4.78, 5) is 0. The Morgan fingerprint density at radius 1 is 0.846 bits per heavy atom. The van der Waals surface area contributed by atoms with Crippen molar-refractivity contribution in [2.75, 3.05) is 24.7 Å². The average molecular weight is 222 g/mol. The van der Waals surface area contributed by atoms with Crippen LogP contribution in [0.5, 0.6) is 0 Å². The number of hydrogen-bond acceptors (Lipinski definition) is 3. The third-order valence-electron chi connectivity index (χ3n) is 1.53. The maximum absolute atomic E-state index is 5.39. The van der Waals surface area contributed by atoms with E-state index < -0.39 is 0 Å². The van der Waals surface area contributed by atoms with Crippen LogP contribution < -0.4 is 0 Å². The molecule has 1 nitrogen and oxygen atoms in total. The number of ether oxygens (including phenoxy) is 1. The summed E-state index contributed by atoms with van der Waals surface area (Å²) in [7, 11) is 3.99. The molecular weight excluding hydrogens is 200 g/mol. The van der Waals surface area contributed by atoms with Crippen molar-refractivity contribution in [1.82, 2.24) is 0 Å². The van der Waals surface area contributed by atoms with Crippen molar-refractivity contribution in [2.24, 2.45) is 0 Å². The third kappa shape index (κ3) is 12.7. The second-order valence-electron chi connectivity index (χ2n) is 2.96. The van der Waals surface area contributed by atoms with Crippen LogP contribution in [-0.4, -0.2) is 24.7 Å². The Hall–Kier alpha value is 0.660. The normalized spacial score (nSPS) is 10.6. The molecule has 0 aliphatic carbocycles. The fourth-order valence-electron chi connectivity index (χ4n) is 0.787. The highest BCUT2D eigenvalue weighted by molar-refractivity contribution is 8.76. The molecule has 0 radical (unpaired) electrons. The van der Waals surface area contributed by atoms with Crippen LogP contribution in [0.4, 0.5) is 0 Å². The van der Waals surface area contributed by atoms with E-state index in [1.165, 1.54) is 30.8 Å². The zero-order valence-electron chi connectivity index (χ0n) is 8.88. The second-order valence-corrected chi connectivity index (χ2v) is 5.67. The summed E-state index contributed by atoms with van der Waals surface area (Å²) in [5.41, 5.74) is 0. The quantitative estimate of drug-likeness (QED) is 0.409. The first kappa shape index (κ1) is 13.7. The van der Waals surface area contributed by atoms with E-state index in [1.54, 1.807) is 0 Å². The Bertz CT molecular complexity index is 79.0. The molecule has 3 heteroatoms. The van der Waals surface area contributed by atoms with Gasteiger partial charge in [0.25, 0.3) is 0 Å². The lowest BCUT2D eigenvalue weighted by Crippen LogP contribution is -1.96. The minimum Gasteiger partial charge on any atom is -0.381 e. The topological polar surface area (TPSA) is 9.23 Å². The van der Waals surface area contributed by atoms with Crippen LogP contribution in [0.3, 0.4) is 0 Å². The van der Waals surface area contributed by atoms with Gasteiger partial charge >= 0.3 is 0 Å². The van der Waals surface area contributed by atoms with Crippen molar-refractivity contribution >= 4 is 21.6 Å². The molecule has 0 aliphatic heterocycles. The molecular formula is C10H22OS2. The van der Waals surface area contributed by atoms with Gasteiger partial charge in [-0.1, -0.05) is 41.9 Å². The SMILES string of the molecule is CCCCSSCCCOCCC. The highest BCUT2D eigenvalue weighted by Gasteiger charge is 1.91. The summed E-state index contributed by atoms with van der Waals surface area (Å²) in [5.74, 6) is 2.54. The monoisotopic (exact) mass is 222 g/mol. The van der Waals surface area contributed by atoms with Gasteiger partial charge < -0.3 is 4.74 Å². The number of unbranched alkanes of at least 4 members (excludes halogenated alkanes) is 1. The molecule has 0 saturated carbocycles. The van der Waals surface area contributed by atoms with E-state index in [1.807, 2.05) is 21.6 Å². The van der Waals surface area contributed by atoms with Crippen LogP contribution in [0.1, 0.15) is 39.5 Å². The molecule has 0 aromatic heterocycles. The predicted molar refractivity (Wildman–Crippen MR) is 65.6 cm³/mol. The fourth-order valence-corrected chi connectivity index (χ4v) is 3.08. The molecule has 80 valence electrons. The summed E-state index contributed by atoms with van der Waals surface area (Å²) in [5, 5.41) is 0. The minimum absolute atomic E-state index is 0.924. The maximum Gasteiger partial charge on any atom is 0.0474 e. The zero-order chi connectivity index (χ0) is 9.78. The average Bonchev–Trinajstić information content (AvgIpc) is 2.16. The van der Waals surface area contributed by atoms with Gasteiger partial charge in [-0.05, 0) is 19.3 Å². The Kier molecular flexibility index (Phi) is 13.3. The minimum atomic E-state index is 0.924. The summed E-state index contributed by atoms with van der Waals surface area (Å²) < 4.78 is 5.39. The Morgan fingerprint density at radius 2 is 1.54 bits per heavy atom. The zero-order valence-corrected chi connectivity index (χ0v) is 10.5. The summed E-state index contributed by atoms with van der Waals surface area (Å²) >= 11 is 0. The van der Waals surface area contributed by atoms with Gasteiger partial charge in [0, 0.05) is 24.7 Å². The predicted octanol–water partition coefficient (Wildman–Crippen LogP) is 3.98. The van der Waals surface area contributed by atoms with E-state index in [2.05, 4.69) is 13.8 Å². The first-order chi connectivity index (χ1) is 6.41. The molecule has 0 rings (SSSR count). The van der Waals surface area contributed by atoms with Crippen molar-refractivity contribution < 1.29 is 4.74 Å². The van der Waals surface area contributed by atoms with Gasteiger partial charge in [-0.3, -0.25) is 0 Å². The highest BCUT2D eigenvalue weighted by atomic mass is 33.1. The van der Waals surface area contributed by atoms with Gasteiger partial charge in [0.2, 0.25) is 0 Å². The van der Waals surface area contributed by atoms with Crippen LogP contribution in [-0.2, 0) is 4.74 Å². The maximum atomic E-state index is 5.39. The van der Waals surface area contributed by atoms with Crippen molar-refractivity contribution in [3.05, 3.63) is 0 Å². The molecule has 0 N–H and O–H groups in total. The standard InChI is InChI=1S/C10H22OS2/c1-3-5-9-12-13-10-6-8-11-7-4-2/h3-10H2,1-2H3. The molecule has 0 unspecified atom stereocenters. The summed E-state index contributed by atoms with van der Waals surface area (Å²) in [6, 6.07) is 0. The van der Waals surface area contributed by atoms with Crippen molar-refractivity contribution in [2.45, 2.75) is 39.5 Å². The lowest BCUT2D eigenvalue weighted by Gasteiger charge is -2.01. The number of rotatable bonds is 10. The van der Waals surface area contributed by atoms with Crippen molar-refractivity contribution in [3.63, 3.8) is 0 Å². The summed E-state index contributed by atoms with van der Waals surface area (Å²) in [6.45, 7) is 6.25. The van der Waals surface area contributed by atoms with Gasteiger partial charge in [0.15, 0.2) is 0 Å². The van der Waals surface area contributed by atoms with Crippen LogP contribution in [0.2, 0.25) is 0 Å². The van der Waals surface area contributed by atoms with Crippen molar-refractivity contribution in [3.8, 4) is 0 Å². The lowest BCUT2D eigenvalue weighted by atomic mass is 10.4. The Balaban J connectivity index is 2.76. The molecule has 0 atom stereocenters. The van der Waals surface area contributed by atoms with E-state index in [4.69, 9.17) is 4.74 Å². The van der Waals surface area contributed by atoms with E-state index >= 15 is 0 Å². The van der Waals surface area contributed by atoms with Crippen LogP contribution in [0, 0.1) is 0 Å².